The highest BCUT2D eigenvalue weighted by Crippen LogP contribution is 2.36. The van der Waals surface area contributed by atoms with E-state index < -0.39 is 17.6 Å². The Morgan fingerprint density at radius 2 is 1.57 bits per heavy atom. The minimum atomic E-state index is -4.52. The number of nitrogens with zero attached hydrogens (tertiary/aromatic N) is 3. The number of piperazine rings is 1. The lowest BCUT2D eigenvalue weighted by atomic mass is 9.88. The van der Waals surface area contributed by atoms with Crippen LogP contribution < -0.4 is 4.90 Å². The van der Waals surface area contributed by atoms with Crippen molar-refractivity contribution in [3.05, 3.63) is 101 Å². The molecule has 3 aromatic rings. The summed E-state index contributed by atoms with van der Waals surface area (Å²) in [7, 11) is 0. The lowest BCUT2D eigenvalue weighted by molar-refractivity contribution is -0.137. The molecular formula is C29H29F4N3O. The molecule has 5 rings (SSSR count). The fourth-order valence-electron chi connectivity index (χ4n) is 5.51. The number of para-hydroxylation sites is 1. The number of likely N-dealkylation sites (tertiary alicyclic amines) is 1. The van der Waals surface area contributed by atoms with Crippen molar-refractivity contribution in [3.63, 3.8) is 0 Å². The summed E-state index contributed by atoms with van der Waals surface area (Å²) in [6.45, 7) is 4.98. The van der Waals surface area contributed by atoms with Crippen LogP contribution in [0.1, 0.15) is 27.4 Å². The van der Waals surface area contributed by atoms with Gasteiger partial charge < -0.3 is 9.80 Å². The van der Waals surface area contributed by atoms with E-state index in [0.29, 0.717) is 13.1 Å². The van der Waals surface area contributed by atoms with Gasteiger partial charge in [-0.05, 0) is 53.9 Å². The maximum Gasteiger partial charge on any atom is 0.416 e. The summed E-state index contributed by atoms with van der Waals surface area (Å²) in [6, 6.07) is 21.2. The van der Waals surface area contributed by atoms with Crippen molar-refractivity contribution in [1.82, 2.24) is 9.80 Å². The van der Waals surface area contributed by atoms with Crippen LogP contribution in [0.4, 0.5) is 23.2 Å². The van der Waals surface area contributed by atoms with Crippen molar-refractivity contribution in [1.29, 1.82) is 0 Å². The van der Waals surface area contributed by atoms with E-state index in [-0.39, 0.29) is 23.2 Å². The van der Waals surface area contributed by atoms with E-state index in [1.807, 2.05) is 24.3 Å². The highest BCUT2D eigenvalue weighted by molar-refractivity contribution is 5.94. The predicted molar refractivity (Wildman–Crippen MR) is 135 cm³/mol. The molecule has 0 bridgehead atoms. The molecule has 2 fully saturated rings. The summed E-state index contributed by atoms with van der Waals surface area (Å²) in [6.07, 6.45) is -4.52. The summed E-state index contributed by atoms with van der Waals surface area (Å²) in [5.74, 6) is -0.822. The third-order valence-corrected chi connectivity index (χ3v) is 7.43. The number of anilines is 1. The summed E-state index contributed by atoms with van der Waals surface area (Å²) < 4.78 is 53.7. The second kappa shape index (κ2) is 10.5. The lowest BCUT2D eigenvalue weighted by Crippen LogP contribution is -2.48. The van der Waals surface area contributed by atoms with Gasteiger partial charge in [0.15, 0.2) is 0 Å². The normalized spacial score (nSPS) is 20.9. The van der Waals surface area contributed by atoms with E-state index >= 15 is 0 Å². The number of benzene rings is 3. The zero-order valence-corrected chi connectivity index (χ0v) is 20.4. The summed E-state index contributed by atoms with van der Waals surface area (Å²) in [5, 5.41) is 0. The molecule has 8 heteroatoms. The van der Waals surface area contributed by atoms with E-state index in [1.165, 1.54) is 30.0 Å². The topological polar surface area (TPSA) is 26.8 Å². The molecule has 37 heavy (non-hydrogen) atoms. The number of halogens is 4. The van der Waals surface area contributed by atoms with Crippen LogP contribution >= 0.6 is 0 Å². The number of amides is 1. The summed E-state index contributed by atoms with van der Waals surface area (Å²) in [5.41, 5.74) is 1.18. The zero-order valence-electron chi connectivity index (χ0n) is 20.4. The molecule has 2 saturated heterocycles. The highest BCUT2D eigenvalue weighted by atomic mass is 19.4. The molecule has 0 aliphatic carbocycles. The van der Waals surface area contributed by atoms with Gasteiger partial charge in [-0.3, -0.25) is 9.69 Å². The first kappa shape index (κ1) is 25.3. The van der Waals surface area contributed by atoms with Gasteiger partial charge >= 0.3 is 6.18 Å². The van der Waals surface area contributed by atoms with E-state index in [1.54, 1.807) is 11.0 Å². The van der Waals surface area contributed by atoms with Crippen LogP contribution in [0.3, 0.4) is 0 Å². The van der Waals surface area contributed by atoms with Crippen molar-refractivity contribution in [2.24, 2.45) is 5.92 Å². The number of hydrogen-bond acceptors (Lipinski definition) is 3. The Bertz CT molecular complexity index is 1230. The molecule has 0 radical (unpaired) electrons. The monoisotopic (exact) mass is 511 g/mol. The molecule has 3 aromatic carbocycles. The van der Waals surface area contributed by atoms with Gasteiger partial charge in [0.2, 0.25) is 0 Å². The van der Waals surface area contributed by atoms with Gasteiger partial charge in [-0.1, -0.05) is 36.4 Å². The second-order valence-corrected chi connectivity index (χ2v) is 9.83. The molecule has 2 aliphatic heterocycles. The molecule has 2 aliphatic rings. The fraction of sp³-hybridized carbons (Fsp3) is 0.345. The van der Waals surface area contributed by atoms with E-state index in [4.69, 9.17) is 0 Å². The summed E-state index contributed by atoms with van der Waals surface area (Å²) >= 11 is 0. The molecular weight excluding hydrogens is 482 g/mol. The van der Waals surface area contributed by atoms with Crippen LogP contribution in [0.5, 0.6) is 0 Å². The number of alkyl halides is 3. The molecule has 0 unspecified atom stereocenters. The average Bonchev–Trinajstić information content (AvgIpc) is 3.32. The van der Waals surface area contributed by atoms with Gasteiger partial charge in [-0.15, -0.1) is 0 Å². The Morgan fingerprint density at radius 1 is 0.838 bits per heavy atom. The smallest absolute Gasteiger partial charge is 0.369 e. The Kier molecular flexibility index (Phi) is 7.20. The first-order valence-electron chi connectivity index (χ1n) is 12.5. The first-order chi connectivity index (χ1) is 17.8. The van der Waals surface area contributed by atoms with E-state index in [9.17, 15) is 22.4 Å². The molecule has 0 N–H and O–H groups in total. The molecule has 0 saturated carbocycles. The van der Waals surface area contributed by atoms with Gasteiger partial charge in [-0.2, -0.15) is 13.2 Å². The Morgan fingerprint density at radius 3 is 2.27 bits per heavy atom. The van der Waals surface area contributed by atoms with Gasteiger partial charge in [0.05, 0.1) is 5.56 Å². The van der Waals surface area contributed by atoms with E-state index in [2.05, 4.69) is 21.9 Å². The lowest BCUT2D eigenvalue weighted by Gasteiger charge is -2.37. The van der Waals surface area contributed by atoms with Crippen molar-refractivity contribution in [3.8, 4) is 0 Å². The molecule has 0 spiro atoms. The first-order valence-corrected chi connectivity index (χ1v) is 12.5. The highest BCUT2D eigenvalue weighted by Gasteiger charge is 2.38. The average molecular weight is 512 g/mol. The van der Waals surface area contributed by atoms with Crippen LogP contribution in [0.2, 0.25) is 0 Å². The fourth-order valence-corrected chi connectivity index (χ4v) is 5.51. The Labute approximate surface area is 214 Å². The number of hydrogen-bond donors (Lipinski definition) is 0. The largest absolute Gasteiger partial charge is 0.416 e. The maximum atomic E-state index is 14.1. The van der Waals surface area contributed by atoms with Crippen molar-refractivity contribution in [2.75, 3.05) is 50.7 Å². The molecule has 2 atom stereocenters. The number of rotatable bonds is 5. The van der Waals surface area contributed by atoms with Crippen molar-refractivity contribution < 1.29 is 22.4 Å². The van der Waals surface area contributed by atoms with Crippen molar-refractivity contribution in [2.45, 2.75) is 12.1 Å². The van der Waals surface area contributed by atoms with Gasteiger partial charge in [-0.25, -0.2) is 4.39 Å². The molecule has 0 aromatic heterocycles. The minimum absolute atomic E-state index is 0.0185. The Hall–Kier alpha value is -3.39. The van der Waals surface area contributed by atoms with Gasteiger partial charge in [0.1, 0.15) is 5.82 Å². The minimum Gasteiger partial charge on any atom is -0.369 e. The van der Waals surface area contributed by atoms with Crippen LogP contribution in [0, 0.1) is 11.7 Å². The van der Waals surface area contributed by atoms with Crippen LogP contribution in [0.15, 0.2) is 78.9 Å². The van der Waals surface area contributed by atoms with Gasteiger partial charge in [0, 0.05) is 63.0 Å². The quantitative estimate of drug-likeness (QED) is 0.422. The number of carbonyl (C=O) groups is 1. The van der Waals surface area contributed by atoms with Crippen LogP contribution in [-0.4, -0.2) is 61.5 Å². The zero-order chi connectivity index (χ0) is 26.0. The Balaban J connectivity index is 1.31. The SMILES string of the molecule is O=C(c1cccc(C(F)(F)F)c1)N1C[C@@H](CN2CCN(c3ccccc3)CC2)[C@H](c2cccc(F)c2)C1. The predicted octanol–water partition coefficient (Wildman–Crippen LogP) is 5.52. The van der Waals surface area contributed by atoms with Crippen molar-refractivity contribution >= 4 is 11.6 Å². The second-order valence-electron chi connectivity index (χ2n) is 9.83. The van der Waals surface area contributed by atoms with Crippen LogP contribution in [0.25, 0.3) is 0 Å². The van der Waals surface area contributed by atoms with Crippen LogP contribution in [-0.2, 0) is 6.18 Å². The van der Waals surface area contributed by atoms with Gasteiger partial charge in [0.25, 0.3) is 5.91 Å². The number of carbonyl (C=O) groups excluding carboxylic acids is 1. The van der Waals surface area contributed by atoms with E-state index in [0.717, 1.165) is 50.4 Å². The standard InChI is InChI=1S/C29H29F4N3O/c30-25-9-5-6-21(17-25)27-20-36(28(37)22-7-4-8-24(16-22)29(31,32)33)19-23(27)18-34-12-14-35(15-13-34)26-10-2-1-3-11-26/h1-11,16-17,23,27H,12-15,18-20H2/t23-,27+/m1/s1. The molecule has 194 valence electrons. The molecule has 4 nitrogen and oxygen atoms in total. The third kappa shape index (κ3) is 5.80. The maximum absolute atomic E-state index is 14.1. The summed E-state index contributed by atoms with van der Waals surface area (Å²) in [4.78, 5) is 19.6. The molecule has 2 heterocycles. The third-order valence-electron chi connectivity index (χ3n) is 7.43. The molecule has 1 amide bonds.